The highest BCUT2D eigenvalue weighted by molar-refractivity contribution is 5.81. The molecular weight excluding hydrogens is 390 g/mol. The van der Waals surface area contributed by atoms with Gasteiger partial charge in [-0.05, 0) is 43.2 Å². The van der Waals surface area contributed by atoms with Gasteiger partial charge in [-0.3, -0.25) is 14.2 Å². The van der Waals surface area contributed by atoms with Crippen molar-refractivity contribution in [3.8, 4) is 5.69 Å². The lowest BCUT2D eigenvalue weighted by Gasteiger charge is -2.14. The zero-order valence-corrected chi connectivity index (χ0v) is 17.2. The lowest BCUT2D eigenvalue weighted by atomic mass is 10.1. The van der Waals surface area contributed by atoms with E-state index in [0.717, 1.165) is 15.7 Å². The first-order valence-electron chi connectivity index (χ1n) is 10.2. The Morgan fingerprint density at radius 2 is 1.55 bits per heavy atom. The van der Waals surface area contributed by atoms with E-state index in [-0.39, 0.29) is 12.5 Å². The smallest absolute Gasteiger partial charge is 0.336 e. The SMILES string of the molecule is Cc1ccc(-n2c(=O)c3ccccc3n(CC(=O)NCCc3ccccc3)c2=O)cc1. The number of hydrogen-bond donors (Lipinski definition) is 1. The van der Waals surface area contributed by atoms with Gasteiger partial charge in [0, 0.05) is 6.54 Å². The number of aromatic nitrogens is 2. The average Bonchev–Trinajstić information content (AvgIpc) is 2.79. The molecule has 0 fully saturated rings. The molecule has 156 valence electrons. The van der Waals surface area contributed by atoms with Crippen LogP contribution in [0.3, 0.4) is 0 Å². The maximum absolute atomic E-state index is 13.3. The Balaban J connectivity index is 1.66. The van der Waals surface area contributed by atoms with Crippen molar-refractivity contribution in [2.75, 3.05) is 6.54 Å². The fourth-order valence-electron chi connectivity index (χ4n) is 3.59. The van der Waals surface area contributed by atoms with Gasteiger partial charge in [-0.1, -0.05) is 60.2 Å². The second-order valence-electron chi connectivity index (χ2n) is 7.45. The third kappa shape index (κ3) is 4.33. The third-order valence-electron chi connectivity index (χ3n) is 5.22. The molecule has 0 aliphatic rings. The van der Waals surface area contributed by atoms with Gasteiger partial charge in [0.1, 0.15) is 6.54 Å². The van der Waals surface area contributed by atoms with E-state index in [2.05, 4.69) is 5.32 Å². The molecule has 1 heterocycles. The van der Waals surface area contributed by atoms with Crippen LogP contribution >= 0.6 is 0 Å². The van der Waals surface area contributed by atoms with E-state index < -0.39 is 11.2 Å². The number of carbonyl (C=O) groups is 1. The monoisotopic (exact) mass is 413 g/mol. The van der Waals surface area contributed by atoms with Crippen LogP contribution < -0.4 is 16.6 Å². The van der Waals surface area contributed by atoms with E-state index in [1.165, 1.54) is 4.57 Å². The molecule has 1 aromatic heterocycles. The van der Waals surface area contributed by atoms with E-state index in [1.807, 2.05) is 49.4 Å². The minimum atomic E-state index is -0.536. The zero-order valence-electron chi connectivity index (χ0n) is 17.2. The third-order valence-corrected chi connectivity index (χ3v) is 5.22. The quantitative estimate of drug-likeness (QED) is 0.528. The van der Waals surface area contributed by atoms with Crippen molar-refractivity contribution in [3.63, 3.8) is 0 Å². The van der Waals surface area contributed by atoms with Crippen molar-refractivity contribution in [2.24, 2.45) is 0 Å². The molecule has 3 aromatic carbocycles. The van der Waals surface area contributed by atoms with Gasteiger partial charge < -0.3 is 5.32 Å². The molecule has 31 heavy (non-hydrogen) atoms. The fraction of sp³-hybridized carbons (Fsp3) is 0.160. The predicted molar refractivity (Wildman–Crippen MR) is 122 cm³/mol. The lowest BCUT2D eigenvalue weighted by molar-refractivity contribution is -0.121. The second-order valence-corrected chi connectivity index (χ2v) is 7.45. The number of hydrogen-bond acceptors (Lipinski definition) is 3. The van der Waals surface area contributed by atoms with Gasteiger partial charge in [0.25, 0.3) is 5.56 Å². The van der Waals surface area contributed by atoms with Gasteiger partial charge in [-0.2, -0.15) is 0 Å². The van der Waals surface area contributed by atoms with E-state index in [1.54, 1.807) is 36.4 Å². The van der Waals surface area contributed by atoms with Crippen molar-refractivity contribution < 1.29 is 4.79 Å². The van der Waals surface area contributed by atoms with Gasteiger partial charge in [0.15, 0.2) is 0 Å². The molecule has 4 aromatic rings. The van der Waals surface area contributed by atoms with E-state index in [4.69, 9.17) is 0 Å². The number of nitrogens with one attached hydrogen (secondary N) is 1. The first-order valence-corrected chi connectivity index (χ1v) is 10.2. The summed E-state index contributed by atoms with van der Waals surface area (Å²) in [7, 11) is 0. The van der Waals surface area contributed by atoms with Crippen molar-refractivity contribution >= 4 is 16.8 Å². The van der Waals surface area contributed by atoms with E-state index >= 15 is 0 Å². The summed E-state index contributed by atoms with van der Waals surface area (Å²) in [6.45, 7) is 2.23. The lowest BCUT2D eigenvalue weighted by Crippen LogP contribution is -2.42. The minimum Gasteiger partial charge on any atom is -0.354 e. The maximum Gasteiger partial charge on any atom is 0.336 e. The first kappa shape index (κ1) is 20.3. The van der Waals surface area contributed by atoms with Crippen molar-refractivity contribution in [1.82, 2.24) is 14.5 Å². The fourth-order valence-corrected chi connectivity index (χ4v) is 3.59. The van der Waals surface area contributed by atoms with Crippen LogP contribution in [0.2, 0.25) is 0 Å². The van der Waals surface area contributed by atoms with Gasteiger partial charge in [-0.25, -0.2) is 9.36 Å². The Bertz CT molecular complexity index is 1340. The molecule has 0 radical (unpaired) electrons. The standard InChI is InChI=1S/C25H23N3O3/c1-18-11-13-20(14-12-18)28-24(30)21-9-5-6-10-22(21)27(25(28)31)17-23(29)26-16-15-19-7-3-2-4-8-19/h2-14H,15-17H2,1H3,(H,26,29). The Morgan fingerprint density at radius 1 is 0.871 bits per heavy atom. The number of benzene rings is 3. The highest BCUT2D eigenvalue weighted by Crippen LogP contribution is 2.11. The molecule has 1 N–H and O–H groups in total. The van der Waals surface area contributed by atoms with Crippen molar-refractivity contribution in [2.45, 2.75) is 19.9 Å². The van der Waals surface area contributed by atoms with Crippen LogP contribution in [0.1, 0.15) is 11.1 Å². The number of para-hydroxylation sites is 1. The van der Waals surface area contributed by atoms with Crippen molar-refractivity contribution in [3.05, 3.63) is 111 Å². The van der Waals surface area contributed by atoms with Gasteiger partial charge >= 0.3 is 5.69 Å². The molecule has 6 heteroatoms. The summed E-state index contributed by atoms with van der Waals surface area (Å²) >= 11 is 0. The molecule has 0 atom stereocenters. The maximum atomic E-state index is 13.3. The number of rotatable bonds is 6. The Hall–Kier alpha value is -3.93. The normalized spacial score (nSPS) is 10.9. The highest BCUT2D eigenvalue weighted by atomic mass is 16.2. The van der Waals surface area contributed by atoms with Crippen LogP contribution in [-0.2, 0) is 17.8 Å². The number of nitrogens with zero attached hydrogens (tertiary/aromatic N) is 2. The first-order chi connectivity index (χ1) is 15.0. The van der Waals surface area contributed by atoms with Crippen LogP contribution in [0.4, 0.5) is 0 Å². The Kier molecular flexibility index (Phi) is 5.80. The summed E-state index contributed by atoms with van der Waals surface area (Å²) in [4.78, 5) is 38.9. The summed E-state index contributed by atoms with van der Waals surface area (Å²) in [5, 5.41) is 3.26. The number of carbonyl (C=O) groups excluding carboxylic acids is 1. The minimum absolute atomic E-state index is 0.166. The molecule has 6 nitrogen and oxygen atoms in total. The molecule has 4 rings (SSSR count). The van der Waals surface area contributed by atoms with Crippen LogP contribution in [0.25, 0.3) is 16.6 Å². The van der Waals surface area contributed by atoms with Crippen molar-refractivity contribution in [1.29, 1.82) is 0 Å². The van der Waals surface area contributed by atoms with Crippen LogP contribution in [0.15, 0.2) is 88.5 Å². The number of amides is 1. The summed E-state index contributed by atoms with van der Waals surface area (Å²) in [6, 6.07) is 23.9. The van der Waals surface area contributed by atoms with Crippen LogP contribution in [0, 0.1) is 6.92 Å². The Labute approximate surface area is 179 Å². The summed E-state index contributed by atoms with van der Waals surface area (Å²) in [5.41, 5.74) is 2.13. The molecule has 0 spiro atoms. The summed E-state index contributed by atoms with van der Waals surface area (Å²) in [5.74, 6) is -0.280. The molecule has 0 saturated carbocycles. The molecule has 0 aliphatic carbocycles. The second kappa shape index (κ2) is 8.83. The molecule has 1 amide bonds. The van der Waals surface area contributed by atoms with E-state index in [0.29, 0.717) is 29.6 Å². The molecule has 0 bridgehead atoms. The van der Waals surface area contributed by atoms with Gasteiger partial charge in [0.2, 0.25) is 5.91 Å². The van der Waals surface area contributed by atoms with Gasteiger partial charge in [-0.15, -0.1) is 0 Å². The highest BCUT2D eigenvalue weighted by Gasteiger charge is 2.16. The summed E-state index contributed by atoms with van der Waals surface area (Å²) < 4.78 is 2.48. The predicted octanol–water partition coefficient (Wildman–Crippen LogP) is 2.82. The number of aryl methyl sites for hydroxylation is 1. The van der Waals surface area contributed by atoms with Crippen LogP contribution in [0.5, 0.6) is 0 Å². The average molecular weight is 413 g/mol. The molecule has 0 aliphatic heterocycles. The van der Waals surface area contributed by atoms with Crippen LogP contribution in [-0.4, -0.2) is 21.6 Å². The zero-order chi connectivity index (χ0) is 21.8. The largest absolute Gasteiger partial charge is 0.354 e. The van der Waals surface area contributed by atoms with Gasteiger partial charge in [0.05, 0.1) is 16.6 Å². The Morgan fingerprint density at radius 3 is 2.29 bits per heavy atom. The molecular formula is C25H23N3O3. The molecule has 0 saturated heterocycles. The number of fused-ring (bicyclic) bond motifs is 1. The summed E-state index contributed by atoms with van der Waals surface area (Å²) in [6.07, 6.45) is 0.699. The topological polar surface area (TPSA) is 73.1 Å². The molecule has 0 unspecified atom stereocenters. The van der Waals surface area contributed by atoms with E-state index in [9.17, 15) is 14.4 Å².